The Morgan fingerprint density at radius 3 is 2.42 bits per heavy atom. The number of halogens is 4. The fourth-order valence-corrected chi connectivity index (χ4v) is 3.18. The second-order valence-corrected chi connectivity index (χ2v) is 6.59. The Labute approximate surface area is 145 Å². The number of nitro groups is 1. The van der Waals surface area contributed by atoms with Crippen molar-refractivity contribution in [3.8, 4) is 5.69 Å². The molecule has 124 valence electrons. The molecule has 0 atom stereocenters. The molecule has 0 aliphatic carbocycles. The summed E-state index contributed by atoms with van der Waals surface area (Å²) < 4.78 is 39.0. The minimum absolute atomic E-state index is 0.0671. The molecule has 0 unspecified atom stereocenters. The normalized spacial score (nSPS) is 11.8. The van der Waals surface area contributed by atoms with Crippen LogP contribution in [0.3, 0.4) is 0 Å². The second kappa shape index (κ2) is 6.10. The Bertz CT molecular complexity index is 925. The van der Waals surface area contributed by atoms with Crippen LogP contribution in [0, 0.1) is 10.1 Å². The number of fused-ring (bicyclic) bond motifs is 1. The summed E-state index contributed by atoms with van der Waals surface area (Å²) in [6, 6.07) is 9.99. The topological polar surface area (TPSA) is 61.0 Å². The van der Waals surface area contributed by atoms with Crippen LogP contribution in [-0.2, 0) is 0 Å². The molecule has 24 heavy (non-hydrogen) atoms. The number of nitro benzene ring substituents is 1. The fourth-order valence-electron chi connectivity index (χ4n) is 2.17. The van der Waals surface area contributed by atoms with Crippen LogP contribution in [0.4, 0.5) is 18.9 Å². The number of benzene rings is 2. The van der Waals surface area contributed by atoms with Gasteiger partial charge in [-0.1, -0.05) is 0 Å². The molecule has 0 bridgehead atoms. The first kappa shape index (κ1) is 16.8. The van der Waals surface area contributed by atoms with Crippen molar-refractivity contribution in [2.24, 2.45) is 0 Å². The van der Waals surface area contributed by atoms with Crippen molar-refractivity contribution in [2.45, 2.75) is 10.4 Å². The third-order valence-corrected chi connectivity index (χ3v) is 4.47. The predicted molar refractivity (Wildman–Crippen MR) is 87.3 cm³/mol. The summed E-state index contributed by atoms with van der Waals surface area (Å²) in [6.07, 6.45) is 0. The van der Waals surface area contributed by atoms with Crippen LogP contribution in [0.25, 0.3) is 16.6 Å². The van der Waals surface area contributed by atoms with Crippen molar-refractivity contribution < 1.29 is 18.1 Å². The van der Waals surface area contributed by atoms with E-state index in [1.54, 1.807) is 6.07 Å². The van der Waals surface area contributed by atoms with Crippen molar-refractivity contribution in [3.05, 3.63) is 57.2 Å². The van der Waals surface area contributed by atoms with Gasteiger partial charge in [0.15, 0.2) is 0 Å². The van der Waals surface area contributed by atoms with E-state index in [9.17, 15) is 23.3 Å². The highest BCUT2D eigenvalue weighted by Gasteiger charge is 2.29. The van der Waals surface area contributed by atoms with E-state index in [0.717, 1.165) is 0 Å². The zero-order valence-electron chi connectivity index (χ0n) is 11.6. The maximum Gasteiger partial charge on any atom is 0.446 e. The Morgan fingerprint density at radius 1 is 1.17 bits per heavy atom. The largest absolute Gasteiger partial charge is 0.446 e. The van der Waals surface area contributed by atoms with E-state index in [0.29, 0.717) is 21.2 Å². The van der Waals surface area contributed by atoms with Gasteiger partial charge in [0.05, 0.1) is 16.1 Å². The number of nitrogens with zero attached hydrogens (tertiary/aromatic N) is 3. The lowest BCUT2D eigenvalue weighted by atomic mass is 10.2. The van der Waals surface area contributed by atoms with Gasteiger partial charge in [0, 0.05) is 22.4 Å². The lowest BCUT2D eigenvalue weighted by Crippen LogP contribution is -2.00. The molecular formula is C14H7BrF3N3O2S. The Kier molecular flexibility index (Phi) is 4.26. The van der Waals surface area contributed by atoms with Gasteiger partial charge in [-0.25, -0.2) is 4.68 Å². The van der Waals surface area contributed by atoms with E-state index >= 15 is 0 Å². The molecule has 1 aromatic heterocycles. The second-order valence-electron chi connectivity index (χ2n) is 4.70. The van der Waals surface area contributed by atoms with Gasteiger partial charge >= 0.3 is 5.51 Å². The molecule has 0 aliphatic rings. The summed E-state index contributed by atoms with van der Waals surface area (Å²) >= 11 is 3.05. The summed E-state index contributed by atoms with van der Waals surface area (Å²) in [7, 11) is 0. The molecule has 0 radical (unpaired) electrons. The monoisotopic (exact) mass is 417 g/mol. The van der Waals surface area contributed by atoms with Gasteiger partial charge in [-0.15, -0.1) is 0 Å². The van der Waals surface area contributed by atoms with Crippen LogP contribution >= 0.6 is 27.7 Å². The third kappa shape index (κ3) is 3.39. The van der Waals surface area contributed by atoms with E-state index in [-0.39, 0.29) is 22.3 Å². The smallest absolute Gasteiger partial charge is 0.258 e. The van der Waals surface area contributed by atoms with Gasteiger partial charge in [0.2, 0.25) is 0 Å². The lowest BCUT2D eigenvalue weighted by Gasteiger charge is -2.07. The molecular weight excluding hydrogens is 411 g/mol. The summed E-state index contributed by atoms with van der Waals surface area (Å²) in [4.78, 5) is 10.4. The van der Waals surface area contributed by atoms with Crippen LogP contribution in [0.15, 0.2) is 52.0 Å². The van der Waals surface area contributed by atoms with Crippen molar-refractivity contribution >= 4 is 44.3 Å². The molecule has 2 aromatic carbocycles. The first-order valence-electron chi connectivity index (χ1n) is 6.43. The number of hydrogen-bond acceptors (Lipinski definition) is 4. The maximum absolute atomic E-state index is 12.4. The van der Waals surface area contributed by atoms with Gasteiger partial charge in [-0.3, -0.25) is 10.1 Å². The highest BCUT2D eigenvalue weighted by molar-refractivity contribution is 9.10. The van der Waals surface area contributed by atoms with Crippen molar-refractivity contribution in [3.63, 3.8) is 0 Å². The Hall–Kier alpha value is -2.07. The first-order valence-corrected chi connectivity index (χ1v) is 8.04. The summed E-state index contributed by atoms with van der Waals surface area (Å²) in [5.41, 5.74) is -3.27. The van der Waals surface area contributed by atoms with Crippen molar-refractivity contribution in [2.75, 3.05) is 0 Å². The number of rotatable bonds is 3. The van der Waals surface area contributed by atoms with E-state index in [2.05, 4.69) is 21.0 Å². The Morgan fingerprint density at radius 2 is 1.83 bits per heavy atom. The molecule has 1 heterocycles. The minimum Gasteiger partial charge on any atom is -0.258 e. The number of aromatic nitrogens is 2. The zero-order valence-corrected chi connectivity index (χ0v) is 14.0. The van der Waals surface area contributed by atoms with E-state index in [1.807, 2.05) is 0 Å². The van der Waals surface area contributed by atoms with E-state index in [4.69, 9.17) is 0 Å². The Balaban J connectivity index is 2.02. The average Bonchev–Trinajstić information content (AvgIpc) is 2.83. The fraction of sp³-hybridized carbons (Fsp3) is 0.0714. The highest BCUT2D eigenvalue weighted by Crippen LogP contribution is 2.37. The molecule has 10 heteroatoms. The number of non-ortho nitro benzene ring substituents is 1. The van der Waals surface area contributed by atoms with E-state index in [1.165, 1.54) is 41.1 Å². The van der Waals surface area contributed by atoms with Crippen LogP contribution in [-0.4, -0.2) is 20.2 Å². The van der Waals surface area contributed by atoms with Gasteiger partial charge in [0.1, 0.15) is 4.60 Å². The number of hydrogen-bond donors (Lipinski definition) is 0. The molecule has 0 N–H and O–H groups in total. The van der Waals surface area contributed by atoms with Gasteiger partial charge in [-0.2, -0.15) is 18.3 Å². The molecule has 0 saturated carbocycles. The molecule has 5 nitrogen and oxygen atoms in total. The van der Waals surface area contributed by atoms with Crippen LogP contribution in [0.2, 0.25) is 0 Å². The summed E-state index contributed by atoms with van der Waals surface area (Å²) in [6.45, 7) is 0. The number of alkyl halides is 3. The van der Waals surface area contributed by atoms with Crippen LogP contribution in [0.5, 0.6) is 0 Å². The lowest BCUT2D eigenvalue weighted by molar-refractivity contribution is -0.384. The highest BCUT2D eigenvalue weighted by atomic mass is 79.9. The molecule has 0 aliphatic heterocycles. The summed E-state index contributed by atoms with van der Waals surface area (Å²) in [5, 5.41) is 15.6. The van der Waals surface area contributed by atoms with Gasteiger partial charge < -0.3 is 0 Å². The minimum atomic E-state index is -4.35. The quantitative estimate of drug-likeness (QED) is 0.329. The molecule has 0 fully saturated rings. The summed E-state index contributed by atoms with van der Waals surface area (Å²) in [5.74, 6) is 0. The third-order valence-electron chi connectivity index (χ3n) is 3.14. The maximum atomic E-state index is 12.4. The van der Waals surface area contributed by atoms with Crippen LogP contribution in [0.1, 0.15) is 0 Å². The molecule has 3 aromatic rings. The predicted octanol–water partition coefficient (Wildman–Crippen LogP) is 5.31. The standard InChI is InChI=1S/C14H7BrF3N3O2S/c15-13-11-7-9(21(22)23)3-6-12(11)20(19-13)8-1-4-10(5-2-8)24-14(16,17)18/h1-7H. The molecule has 0 saturated heterocycles. The van der Waals surface area contributed by atoms with Crippen molar-refractivity contribution in [1.82, 2.24) is 9.78 Å². The van der Waals surface area contributed by atoms with Crippen molar-refractivity contribution in [1.29, 1.82) is 0 Å². The zero-order chi connectivity index (χ0) is 17.5. The van der Waals surface area contributed by atoms with Gasteiger partial charge in [0.25, 0.3) is 5.69 Å². The molecule has 3 rings (SSSR count). The van der Waals surface area contributed by atoms with E-state index < -0.39 is 10.4 Å². The number of thioether (sulfide) groups is 1. The average molecular weight is 418 g/mol. The SMILES string of the molecule is O=[N+]([O-])c1ccc2c(c1)c(Br)nn2-c1ccc(SC(F)(F)F)cc1. The first-order chi connectivity index (χ1) is 11.2. The van der Waals surface area contributed by atoms with Gasteiger partial charge in [-0.05, 0) is 58.0 Å². The molecule has 0 amide bonds. The van der Waals surface area contributed by atoms with Crippen LogP contribution < -0.4 is 0 Å². The molecule has 0 spiro atoms.